The van der Waals surface area contributed by atoms with Gasteiger partial charge in [-0.3, -0.25) is 0 Å². The van der Waals surface area contributed by atoms with E-state index in [1.165, 1.54) is 11.1 Å². The van der Waals surface area contributed by atoms with Gasteiger partial charge in [-0.25, -0.2) is 4.39 Å². The summed E-state index contributed by atoms with van der Waals surface area (Å²) >= 11 is 5.53. The molecule has 2 aromatic carbocycles. The molecule has 0 aliphatic carbocycles. The normalized spacial score (nSPS) is 11.8. The van der Waals surface area contributed by atoms with Gasteiger partial charge < -0.3 is 5.32 Å². The maximum Gasteiger partial charge on any atom is 0.128 e. The number of aryl methyl sites for hydroxylation is 3. The highest BCUT2D eigenvalue weighted by atomic mass is 32.1. The summed E-state index contributed by atoms with van der Waals surface area (Å²) in [6.07, 6.45) is 9.88. The second-order valence-corrected chi connectivity index (χ2v) is 8.35. The summed E-state index contributed by atoms with van der Waals surface area (Å²) in [7, 11) is 0. The van der Waals surface area contributed by atoms with Crippen LogP contribution in [0.4, 0.5) is 10.1 Å². The zero-order valence-corrected chi connectivity index (χ0v) is 18.7. The molecule has 0 bridgehead atoms. The summed E-state index contributed by atoms with van der Waals surface area (Å²) in [6.45, 7) is 8.14. The fourth-order valence-corrected chi connectivity index (χ4v) is 4.13. The SMILES string of the molecule is C=CCCC(CCC)CC(=S)Nc1ccc(CCCc2ccccc2C)c(F)c1. The number of nitrogens with one attached hydrogen (secondary N) is 1. The Morgan fingerprint density at radius 3 is 2.59 bits per heavy atom. The molecule has 0 aliphatic heterocycles. The Morgan fingerprint density at radius 1 is 1.14 bits per heavy atom. The number of anilines is 1. The van der Waals surface area contributed by atoms with E-state index in [9.17, 15) is 4.39 Å². The van der Waals surface area contributed by atoms with Gasteiger partial charge in [-0.15, -0.1) is 6.58 Å². The monoisotopic (exact) mass is 411 g/mol. The number of rotatable bonds is 12. The molecule has 1 unspecified atom stereocenters. The molecule has 1 N–H and O–H groups in total. The molecular formula is C26H34FNS. The van der Waals surface area contributed by atoms with E-state index in [1.54, 1.807) is 6.07 Å². The van der Waals surface area contributed by atoms with Gasteiger partial charge >= 0.3 is 0 Å². The van der Waals surface area contributed by atoms with Gasteiger partial charge in [0.15, 0.2) is 0 Å². The third-order valence-corrected chi connectivity index (χ3v) is 5.71. The largest absolute Gasteiger partial charge is 0.350 e. The van der Waals surface area contributed by atoms with Crippen LogP contribution in [-0.4, -0.2) is 4.99 Å². The summed E-state index contributed by atoms with van der Waals surface area (Å²) in [5.41, 5.74) is 4.16. The third-order valence-electron chi connectivity index (χ3n) is 5.44. The second kappa shape index (κ2) is 12.5. The maximum absolute atomic E-state index is 14.6. The van der Waals surface area contributed by atoms with Gasteiger partial charge in [0, 0.05) is 12.1 Å². The summed E-state index contributed by atoms with van der Waals surface area (Å²) < 4.78 is 14.6. The third kappa shape index (κ3) is 8.10. The topological polar surface area (TPSA) is 12.0 Å². The first kappa shape index (κ1) is 23.3. The maximum atomic E-state index is 14.6. The van der Waals surface area contributed by atoms with E-state index in [4.69, 9.17) is 12.2 Å². The van der Waals surface area contributed by atoms with Crippen LogP contribution in [0, 0.1) is 18.7 Å². The number of hydrogen-bond acceptors (Lipinski definition) is 1. The molecule has 1 nitrogen and oxygen atoms in total. The summed E-state index contributed by atoms with van der Waals surface area (Å²) in [4.78, 5) is 0.791. The van der Waals surface area contributed by atoms with Crippen LogP contribution in [0.3, 0.4) is 0 Å². The highest BCUT2D eigenvalue weighted by Gasteiger charge is 2.11. The van der Waals surface area contributed by atoms with Gasteiger partial charge in [-0.1, -0.05) is 68.4 Å². The van der Waals surface area contributed by atoms with Gasteiger partial charge in [0.25, 0.3) is 0 Å². The van der Waals surface area contributed by atoms with E-state index in [1.807, 2.05) is 18.2 Å². The summed E-state index contributed by atoms with van der Waals surface area (Å²) in [5.74, 6) is 0.405. The van der Waals surface area contributed by atoms with Crippen molar-refractivity contribution in [3.63, 3.8) is 0 Å². The van der Waals surface area contributed by atoms with Gasteiger partial charge in [0.2, 0.25) is 0 Å². The van der Waals surface area contributed by atoms with E-state index in [2.05, 4.69) is 50.0 Å². The molecule has 0 amide bonds. The van der Waals surface area contributed by atoms with Crippen molar-refractivity contribution < 1.29 is 4.39 Å². The lowest BCUT2D eigenvalue weighted by Gasteiger charge is -2.17. The Hall–Kier alpha value is -2.00. The quantitative estimate of drug-likeness (QED) is 0.282. The van der Waals surface area contributed by atoms with Crippen LogP contribution < -0.4 is 5.32 Å². The molecule has 2 aromatic rings. The van der Waals surface area contributed by atoms with Crippen LogP contribution in [0.5, 0.6) is 0 Å². The standard InChI is InChI=1S/C26H34FNS/c1-4-6-12-21(10-5-2)18-26(29)28-24-17-16-23(25(27)19-24)15-9-14-22-13-8-7-11-20(22)3/h4,7-8,11,13,16-17,19,21H,1,5-6,9-10,12,14-15,18H2,2-3H3,(H,28,29). The minimum Gasteiger partial charge on any atom is -0.350 e. The second-order valence-electron chi connectivity index (χ2n) is 7.86. The van der Waals surface area contributed by atoms with Crippen molar-refractivity contribution in [2.45, 2.75) is 65.2 Å². The highest BCUT2D eigenvalue weighted by Crippen LogP contribution is 2.22. The number of benzene rings is 2. The predicted molar refractivity (Wildman–Crippen MR) is 128 cm³/mol. The van der Waals surface area contributed by atoms with Crippen LogP contribution in [0.2, 0.25) is 0 Å². The average Bonchev–Trinajstić information content (AvgIpc) is 2.69. The first-order valence-corrected chi connectivity index (χ1v) is 11.2. The zero-order valence-electron chi connectivity index (χ0n) is 17.8. The Labute approximate surface area is 181 Å². The molecule has 0 aliphatic rings. The van der Waals surface area contributed by atoms with Crippen molar-refractivity contribution in [3.05, 3.63) is 77.6 Å². The highest BCUT2D eigenvalue weighted by molar-refractivity contribution is 7.80. The molecule has 0 radical (unpaired) electrons. The lowest BCUT2D eigenvalue weighted by molar-refractivity contribution is 0.466. The van der Waals surface area contributed by atoms with Crippen molar-refractivity contribution in [1.82, 2.24) is 0 Å². The van der Waals surface area contributed by atoms with Crippen LogP contribution >= 0.6 is 12.2 Å². The van der Waals surface area contributed by atoms with Crippen LogP contribution in [0.1, 0.15) is 62.1 Å². The number of hydrogen-bond donors (Lipinski definition) is 1. The minimum atomic E-state index is -0.153. The van der Waals surface area contributed by atoms with Crippen molar-refractivity contribution in [2.24, 2.45) is 5.92 Å². The summed E-state index contributed by atoms with van der Waals surface area (Å²) in [5, 5.41) is 3.23. The fourth-order valence-electron chi connectivity index (χ4n) is 3.77. The zero-order chi connectivity index (χ0) is 21.1. The van der Waals surface area contributed by atoms with E-state index < -0.39 is 0 Å². The van der Waals surface area contributed by atoms with E-state index >= 15 is 0 Å². The molecule has 0 saturated carbocycles. The predicted octanol–water partition coefficient (Wildman–Crippen LogP) is 7.82. The van der Waals surface area contributed by atoms with Gasteiger partial charge in [0.1, 0.15) is 5.82 Å². The summed E-state index contributed by atoms with van der Waals surface area (Å²) in [6, 6.07) is 13.8. The average molecular weight is 412 g/mol. The molecule has 1 atom stereocenters. The molecule has 0 heterocycles. The molecule has 0 fully saturated rings. The number of thiocarbonyl (C=S) groups is 1. The Kier molecular flexibility index (Phi) is 10.1. The Balaban J connectivity index is 1.87. The van der Waals surface area contributed by atoms with Crippen molar-refractivity contribution >= 4 is 22.9 Å². The fraction of sp³-hybridized carbons (Fsp3) is 0.423. The van der Waals surface area contributed by atoms with Crippen LogP contribution in [0.25, 0.3) is 0 Å². The first-order chi connectivity index (χ1) is 14.0. The molecular weight excluding hydrogens is 377 g/mol. The van der Waals surface area contributed by atoms with Gasteiger partial charge in [-0.2, -0.15) is 0 Å². The molecule has 0 spiro atoms. The Morgan fingerprint density at radius 2 is 1.90 bits per heavy atom. The van der Waals surface area contributed by atoms with Gasteiger partial charge in [-0.05, 0) is 73.8 Å². The van der Waals surface area contributed by atoms with Crippen molar-refractivity contribution in [3.8, 4) is 0 Å². The van der Waals surface area contributed by atoms with Crippen molar-refractivity contribution in [1.29, 1.82) is 0 Å². The van der Waals surface area contributed by atoms with E-state index in [0.717, 1.165) is 67.6 Å². The lowest BCUT2D eigenvalue weighted by Crippen LogP contribution is -2.15. The van der Waals surface area contributed by atoms with Crippen molar-refractivity contribution in [2.75, 3.05) is 5.32 Å². The Bertz CT molecular complexity index is 799. The van der Waals surface area contributed by atoms with Gasteiger partial charge in [0.05, 0.1) is 4.99 Å². The molecule has 29 heavy (non-hydrogen) atoms. The lowest BCUT2D eigenvalue weighted by atomic mass is 9.94. The molecule has 2 rings (SSSR count). The van der Waals surface area contributed by atoms with E-state index in [0.29, 0.717) is 5.92 Å². The first-order valence-electron chi connectivity index (χ1n) is 10.8. The number of halogens is 1. The smallest absolute Gasteiger partial charge is 0.128 e. The molecule has 3 heteroatoms. The number of allylic oxidation sites excluding steroid dienone is 1. The van der Waals surface area contributed by atoms with Crippen LogP contribution in [0.15, 0.2) is 55.1 Å². The molecule has 156 valence electrons. The molecule has 0 saturated heterocycles. The van der Waals surface area contributed by atoms with E-state index in [-0.39, 0.29) is 5.82 Å². The minimum absolute atomic E-state index is 0.153. The van der Waals surface area contributed by atoms with Crippen LogP contribution in [-0.2, 0) is 12.8 Å². The molecule has 0 aromatic heterocycles.